The number of halogens is 1. The number of fused-ring (bicyclic) bond motifs is 1. The van der Waals surface area contributed by atoms with E-state index in [0.717, 1.165) is 18.8 Å². The second kappa shape index (κ2) is 10.4. The van der Waals surface area contributed by atoms with Gasteiger partial charge in [-0.2, -0.15) is 0 Å². The number of carbonyl (C=O) groups excluding carboxylic acids is 1. The molecule has 3 heterocycles. The maximum absolute atomic E-state index is 16.9. The van der Waals surface area contributed by atoms with Crippen LogP contribution in [0.4, 0.5) is 15.0 Å². The third kappa shape index (κ3) is 5.06. The van der Waals surface area contributed by atoms with Crippen LogP contribution in [0.1, 0.15) is 89.1 Å². The second-order valence-electron chi connectivity index (χ2n) is 11.9. The normalized spacial score (nSPS) is 25.9. The molecule has 9 nitrogen and oxygen atoms in total. The molecule has 6 rings (SSSR count). The molecule has 1 aromatic carbocycles. The van der Waals surface area contributed by atoms with E-state index in [2.05, 4.69) is 30.0 Å². The lowest BCUT2D eigenvalue weighted by atomic mass is 9.80. The van der Waals surface area contributed by atoms with Crippen LogP contribution in [-0.4, -0.2) is 31.7 Å². The predicted molar refractivity (Wildman–Crippen MR) is 146 cm³/mol. The van der Waals surface area contributed by atoms with Gasteiger partial charge in [0.1, 0.15) is 5.52 Å². The van der Waals surface area contributed by atoms with E-state index in [4.69, 9.17) is 19.8 Å². The van der Waals surface area contributed by atoms with Gasteiger partial charge in [0, 0.05) is 12.6 Å². The zero-order valence-electron chi connectivity index (χ0n) is 22.9. The van der Waals surface area contributed by atoms with Crippen LogP contribution >= 0.6 is 0 Å². The summed E-state index contributed by atoms with van der Waals surface area (Å²) in [5.74, 6) is 2.96. The fourth-order valence-electron chi connectivity index (χ4n) is 6.15. The average Bonchev–Trinajstić information content (AvgIpc) is 3.49. The van der Waals surface area contributed by atoms with E-state index in [1.54, 1.807) is 19.1 Å². The summed E-state index contributed by atoms with van der Waals surface area (Å²) in [7, 11) is 0. The molecule has 39 heavy (non-hydrogen) atoms. The Morgan fingerprint density at radius 1 is 1.13 bits per heavy atom. The van der Waals surface area contributed by atoms with E-state index in [1.807, 2.05) is 22.8 Å². The molecule has 3 fully saturated rings. The summed E-state index contributed by atoms with van der Waals surface area (Å²) in [5, 5.41) is 6.31. The molecule has 1 aliphatic heterocycles. The van der Waals surface area contributed by atoms with Crippen molar-refractivity contribution in [2.45, 2.75) is 90.1 Å². The molecule has 0 spiro atoms. The molecule has 10 heteroatoms. The van der Waals surface area contributed by atoms with Gasteiger partial charge >= 0.3 is 6.09 Å². The molecule has 208 valence electrons. The lowest BCUT2D eigenvalue weighted by Gasteiger charge is -2.33. The molecule has 3 N–H and O–H groups in total. The number of hydrogen-bond donors (Lipinski definition) is 3. The van der Waals surface area contributed by atoms with E-state index < -0.39 is 17.9 Å². The number of aromatic nitrogens is 4. The highest BCUT2D eigenvalue weighted by molar-refractivity contribution is 5.84. The summed E-state index contributed by atoms with van der Waals surface area (Å²) in [5.41, 5.74) is 2.46. The molecule has 1 amide bonds. The molecule has 3 atom stereocenters. The minimum atomic E-state index is -1.84. The first-order chi connectivity index (χ1) is 18.8. The molecule has 2 aliphatic carbocycles. The zero-order chi connectivity index (χ0) is 27.1. The number of alkyl halides is 1. The van der Waals surface area contributed by atoms with Crippen LogP contribution in [-0.2, 0) is 17.1 Å². The molecule has 2 unspecified atom stereocenters. The van der Waals surface area contributed by atoms with Crippen molar-refractivity contribution >= 4 is 23.1 Å². The van der Waals surface area contributed by atoms with Crippen molar-refractivity contribution in [1.82, 2.24) is 30.3 Å². The first-order valence-electron chi connectivity index (χ1n) is 14.3. The number of amides is 1. The van der Waals surface area contributed by atoms with Crippen LogP contribution in [0.3, 0.4) is 0 Å². The number of nitrogens with zero attached hydrogens (tertiary/aromatic N) is 4. The minimum Gasteiger partial charge on any atom is -0.365 e. The summed E-state index contributed by atoms with van der Waals surface area (Å²) in [6.07, 6.45) is 6.81. The topological polar surface area (TPSA) is 106 Å². The van der Waals surface area contributed by atoms with Crippen molar-refractivity contribution < 1.29 is 14.0 Å². The average molecular weight is 536 g/mol. The van der Waals surface area contributed by atoms with Gasteiger partial charge in [0.15, 0.2) is 34.9 Å². The molecular weight excluding hydrogens is 497 g/mol. The number of hydrogen-bond acceptors (Lipinski definition) is 7. The van der Waals surface area contributed by atoms with Gasteiger partial charge in [0.2, 0.25) is 0 Å². The number of imidazole rings is 1. The highest BCUT2D eigenvalue weighted by Crippen LogP contribution is 2.39. The van der Waals surface area contributed by atoms with Gasteiger partial charge in [-0.3, -0.25) is 5.32 Å². The Morgan fingerprint density at radius 3 is 2.51 bits per heavy atom. The van der Waals surface area contributed by atoms with Crippen molar-refractivity contribution in [3.05, 3.63) is 47.5 Å². The van der Waals surface area contributed by atoms with E-state index in [0.29, 0.717) is 52.6 Å². The first kappa shape index (κ1) is 26.0. The quantitative estimate of drug-likeness (QED) is 0.338. The summed E-state index contributed by atoms with van der Waals surface area (Å²) in [4.78, 5) is 31.1. The summed E-state index contributed by atoms with van der Waals surface area (Å²) in [6, 6.07) is 9.37. The standard InChI is InChI=1S/C29H38FN7O2/c1-17-12-14-19(15-13-17)16-37-22-23(31-18(2)20-8-7-9-20)32-25(26-35-28(38)39-36-26)33-24(22)34-27(37)29(3,30)21-10-5-4-6-11-21/h4-6,10-11,17-20,26,36H,7-9,12-16H2,1-3H3,(H,35,38)(H,31,32,33)/t17?,18-,19?,26?,29?/m1/s1. The third-order valence-corrected chi connectivity index (χ3v) is 8.94. The number of carbonyl (C=O) groups is 1. The van der Waals surface area contributed by atoms with Gasteiger partial charge in [-0.05, 0) is 62.8 Å². The number of rotatable bonds is 8. The van der Waals surface area contributed by atoms with Crippen LogP contribution in [0.15, 0.2) is 30.3 Å². The van der Waals surface area contributed by atoms with Crippen molar-refractivity contribution in [2.75, 3.05) is 5.32 Å². The number of nitrogens with one attached hydrogen (secondary N) is 3. The Morgan fingerprint density at radius 2 is 1.87 bits per heavy atom. The minimum absolute atomic E-state index is 0.181. The van der Waals surface area contributed by atoms with Crippen LogP contribution in [0.25, 0.3) is 11.2 Å². The van der Waals surface area contributed by atoms with Crippen molar-refractivity contribution in [3.63, 3.8) is 0 Å². The largest absolute Gasteiger partial charge is 0.427 e. The zero-order valence-corrected chi connectivity index (χ0v) is 22.9. The highest BCUT2D eigenvalue weighted by Gasteiger charge is 2.38. The second-order valence-corrected chi connectivity index (χ2v) is 11.9. The van der Waals surface area contributed by atoms with Gasteiger partial charge in [-0.1, -0.05) is 56.5 Å². The maximum atomic E-state index is 16.9. The molecule has 1 saturated heterocycles. The smallest absolute Gasteiger partial charge is 0.365 e. The summed E-state index contributed by atoms with van der Waals surface area (Å²) in [6.45, 7) is 6.71. The Hall–Kier alpha value is -3.27. The predicted octanol–water partition coefficient (Wildman–Crippen LogP) is 5.73. The number of anilines is 1. The molecule has 0 bridgehead atoms. The van der Waals surface area contributed by atoms with E-state index >= 15 is 4.39 Å². The van der Waals surface area contributed by atoms with Crippen LogP contribution in [0, 0.1) is 17.8 Å². The van der Waals surface area contributed by atoms with Crippen molar-refractivity contribution in [2.24, 2.45) is 17.8 Å². The van der Waals surface area contributed by atoms with Gasteiger partial charge in [0.05, 0.1) is 0 Å². The molecule has 2 aromatic heterocycles. The molecule has 3 aromatic rings. The van der Waals surface area contributed by atoms with Crippen molar-refractivity contribution in [1.29, 1.82) is 0 Å². The van der Waals surface area contributed by atoms with Crippen LogP contribution < -0.4 is 16.1 Å². The monoisotopic (exact) mass is 535 g/mol. The molecule has 3 aliphatic rings. The fraction of sp³-hybridized carbons (Fsp3) is 0.586. The Balaban J connectivity index is 1.50. The van der Waals surface area contributed by atoms with Gasteiger partial charge < -0.3 is 14.7 Å². The van der Waals surface area contributed by atoms with E-state index in [-0.39, 0.29) is 6.04 Å². The Labute approximate surface area is 228 Å². The Bertz CT molecular complexity index is 1330. The lowest BCUT2D eigenvalue weighted by Crippen LogP contribution is -2.32. The number of hydroxylamine groups is 1. The summed E-state index contributed by atoms with van der Waals surface area (Å²) >= 11 is 0. The van der Waals surface area contributed by atoms with Crippen LogP contribution in [0.5, 0.6) is 0 Å². The summed E-state index contributed by atoms with van der Waals surface area (Å²) < 4.78 is 18.9. The fourth-order valence-corrected chi connectivity index (χ4v) is 6.15. The van der Waals surface area contributed by atoms with Gasteiger partial charge in [-0.15, -0.1) is 5.48 Å². The number of benzene rings is 1. The van der Waals surface area contributed by atoms with Gasteiger partial charge in [0.25, 0.3) is 0 Å². The first-order valence-corrected chi connectivity index (χ1v) is 14.3. The van der Waals surface area contributed by atoms with Gasteiger partial charge in [-0.25, -0.2) is 24.1 Å². The highest BCUT2D eigenvalue weighted by atomic mass is 19.1. The van der Waals surface area contributed by atoms with Crippen LogP contribution in [0.2, 0.25) is 0 Å². The molecule has 0 radical (unpaired) electrons. The van der Waals surface area contributed by atoms with E-state index in [9.17, 15) is 4.79 Å². The molecular formula is C29H38FN7O2. The van der Waals surface area contributed by atoms with Crippen molar-refractivity contribution in [3.8, 4) is 0 Å². The Kier molecular flexibility index (Phi) is 6.91. The molecule has 2 saturated carbocycles. The SMILES string of the molecule is CC1CCC(Cn2c(C(C)(F)c3ccccc3)nc3nc(C4NOC(=O)N4)nc(N[C@H](C)C4CCC4)c32)CC1. The maximum Gasteiger partial charge on any atom is 0.427 e. The third-order valence-electron chi connectivity index (χ3n) is 8.94. The van der Waals surface area contributed by atoms with E-state index in [1.165, 1.54) is 32.1 Å². The lowest BCUT2D eigenvalue weighted by molar-refractivity contribution is 0.120.